The number of halogens is 1. The Kier molecular flexibility index (Phi) is 6.31. The highest BCUT2D eigenvalue weighted by molar-refractivity contribution is 7.99. The molecule has 1 unspecified atom stereocenters. The summed E-state index contributed by atoms with van der Waals surface area (Å²) in [6, 6.07) is 12.6. The topological polar surface area (TPSA) is 67.4 Å². The molecule has 2 N–H and O–H groups in total. The summed E-state index contributed by atoms with van der Waals surface area (Å²) in [5.41, 5.74) is 2.81. The first-order chi connectivity index (χ1) is 13.4. The maximum Gasteiger partial charge on any atom is 0.338 e. The minimum absolute atomic E-state index is 0.267. The fraction of sp³-hybridized carbons (Fsp3) is 0.238. The molecule has 0 aromatic heterocycles. The van der Waals surface area contributed by atoms with Gasteiger partial charge in [0, 0.05) is 15.5 Å². The molecule has 0 saturated heterocycles. The molecule has 0 spiro atoms. The Hall–Kier alpha value is -2.44. The monoisotopic (exact) mass is 416 g/mol. The number of carbonyl (C=O) groups is 2. The lowest BCUT2D eigenvalue weighted by Gasteiger charge is -2.28. The van der Waals surface area contributed by atoms with Crippen molar-refractivity contribution in [1.29, 1.82) is 0 Å². The Balaban J connectivity index is 1.88. The highest BCUT2D eigenvalue weighted by Gasteiger charge is 2.32. The summed E-state index contributed by atoms with van der Waals surface area (Å²) in [6.45, 7) is 5.73. The van der Waals surface area contributed by atoms with Gasteiger partial charge < -0.3 is 15.4 Å². The third-order valence-electron chi connectivity index (χ3n) is 4.36. The second kappa shape index (κ2) is 8.71. The van der Waals surface area contributed by atoms with Crippen LogP contribution in [0, 0.1) is 6.92 Å². The first kappa shape index (κ1) is 20.3. The minimum Gasteiger partial charge on any atom is -0.463 e. The molecule has 2 amide bonds. The van der Waals surface area contributed by atoms with Crippen molar-refractivity contribution < 1.29 is 14.3 Å². The molecule has 0 bridgehead atoms. The summed E-state index contributed by atoms with van der Waals surface area (Å²) in [4.78, 5) is 26.4. The second-order valence-electron chi connectivity index (χ2n) is 6.35. The van der Waals surface area contributed by atoms with E-state index >= 15 is 0 Å². The van der Waals surface area contributed by atoms with Crippen LogP contribution in [0.5, 0.6) is 0 Å². The van der Waals surface area contributed by atoms with Gasteiger partial charge in [0.15, 0.2) is 0 Å². The summed E-state index contributed by atoms with van der Waals surface area (Å²) in [7, 11) is 0. The smallest absolute Gasteiger partial charge is 0.338 e. The Morgan fingerprint density at radius 2 is 1.89 bits per heavy atom. The van der Waals surface area contributed by atoms with Crippen molar-refractivity contribution >= 4 is 35.4 Å². The maximum absolute atomic E-state index is 12.4. The average Bonchev–Trinajstić information content (AvgIpc) is 2.65. The van der Waals surface area contributed by atoms with E-state index in [1.807, 2.05) is 49.4 Å². The van der Waals surface area contributed by atoms with Gasteiger partial charge in [0.1, 0.15) is 0 Å². The molecule has 0 radical (unpaired) electrons. The largest absolute Gasteiger partial charge is 0.463 e. The van der Waals surface area contributed by atoms with E-state index in [1.165, 1.54) is 0 Å². The predicted molar refractivity (Wildman–Crippen MR) is 110 cm³/mol. The Morgan fingerprint density at radius 1 is 1.18 bits per heavy atom. The van der Waals surface area contributed by atoms with E-state index in [9.17, 15) is 9.59 Å². The van der Waals surface area contributed by atoms with Crippen molar-refractivity contribution in [3.63, 3.8) is 0 Å². The number of urea groups is 1. The molecule has 0 fully saturated rings. The van der Waals surface area contributed by atoms with E-state index in [2.05, 4.69) is 10.6 Å². The van der Waals surface area contributed by atoms with Gasteiger partial charge in [0.2, 0.25) is 0 Å². The number of carbonyl (C=O) groups excluding carboxylic acids is 2. The summed E-state index contributed by atoms with van der Waals surface area (Å²) in [5.74, 6) is -0.442. The molecule has 1 aliphatic rings. The van der Waals surface area contributed by atoms with E-state index in [0.717, 1.165) is 20.9 Å². The third-order valence-corrected chi connectivity index (χ3v) is 6.04. The summed E-state index contributed by atoms with van der Waals surface area (Å²) < 4.78 is 5.16. The zero-order chi connectivity index (χ0) is 20.3. The van der Waals surface area contributed by atoms with Gasteiger partial charge in [-0.2, -0.15) is 0 Å². The standard InChI is InChI=1S/C21H21ClN2O3S/c1-4-27-20(25)17-13(3)23-21(26)24-18(17)14-8-10-15(11-9-14)28-19-12(2)6-5-7-16(19)22/h5-11,18H,4H2,1-3H3,(H2,23,24,26). The van der Waals surface area contributed by atoms with Crippen molar-refractivity contribution in [2.75, 3.05) is 6.61 Å². The van der Waals surface area contributed by atoms with Gasteiger partial charge >= 0.3 is 12.0 Å². The van der Waals surface area contributed by atoms with E-state index < -0.39 is 12.0 Å². The van der Waals surface area contributed by atoms with E-state index in [4.69, 9.17) is 16.3 Å². The third kappa shape index (κ3) is 4.34. The van der Waals surface area contributed by atoms with Crippen molar-refractivity contribution in [3.8, 4) is 0 Å². The molecular weight excluding hydrogens is 396 g/mol. The van der Waals surface area contributed by atoms with Gasteiger partial charge in [-0.3, -0.25) is 0 Å². The second-order valence-corrected chi connectivity index (χ2v) is 7.84. The van der Waals surface area contributed by atoms with E-state index in [0.29, 0.717) is 16.3 Å². The molecule has 1 heterocycles. The van der Waals surface area contributed by atoms with E-state index in [1.54, 1.807) is 25.6 Å². The van der Waals surface area contributed by atoms with Crippen LogP contribution in [0.2, 0.25) is 5.02 Å². The lowest BCUT2D eigenvalue weighted by atomic mass is 9.96. The maximum atomic E-state index is 12.4. The molecule has 7 heteroatoms. The predicted octanol–water partition coefficient (Wildman–Crippen LogP) is 4.99. The SMILES string of the molecule is CCOC(=O)C1=C(C)NC(=O)NC1c1ccc(Sc2c(C)cccc2Cl)cc1. The Bertz CT molecular complexity index is 921. The summed E-state index contributed by atoms with van der Waals surface area (Å²) in [5, 5.41) is 6.15. The van der Waals surface area contributed by atoms with Gasteiger partial charge in [-0.15, -0.1) is 0 Å². The first-order valence-electron chi connectivity index (χ1n) is 8.89. The van der Waals surface area contributed by atoms with Crippen molar-refractivity contribution in [2.45, 2.75) is 36.6 Å². The zero-order valence-corrected chi connectivity index (χ0v) is 17.4. The van der Waals surface area contributed by atoms with Crippen LogP contribution in [0.25, 0.3) is 0 Å². The van der Waals surface area contributed by atoms with Gasteiger partial charge in [-0.1, -0.05) is 47.6 Å². The molecule has 1 atom stereocenters. The molecule has 146 valence electrons. The molecule has 5 nitrogen and oxygen atoms in total. The lowest BCUT2D eigenvalue weighted by molar-refractivity contribution is -0.139. The van der Waals surface area contributed by atoms with Crippen LogP contribution in [0.3, 0.4) is 0 Å². The number of nitrogens with one attached hydrogen (secondary N) is 2. The minimum atomic E-state index is -0.561. The number of rotatable bonds is 5. The van der Waals surface area contributed by atoms with Crippen molar-refractivity contribution in [3.05, 3.63) is 69.9 Å². The molecule has 0 aliphatic carbocycles. The van der Waals surface area contributed by atoms with Crippen LogP contribution in [0.1, 0.15) is 31.0 Å². The van der Waals surface area contributed by atoms with E-state index in [-0.39, 0.29) is 12.6 Å². The Morgan fingerprint density at radius 3 is 2.54 bits per heavy atom. The quantitative estimate of drug-likeness (QED) is 0.674. The van der Waals surface area contributed by atoms with Crippen LogP contribution in [-0.2, 0) is 9.53 Å². The highest BCUT2D eigenvalue weighted by atomic mass is 35.5. The van der Waals surface area contributed by atoms with Crippen molar-refractivity contribution in [1.82, 2.24) is 10.6 Å². The van der Waals surface area contributed by atoms with Crippen LogP contribution >= 0.6 is 23.4 Å². The molecular formula is C21H21ClN2O3S. The number of hydrogen-bond acceptors (Lipinski definition) is 4. The van der Waals surface area contributed by atoms with Gasteiger partial charge in [-0.25, -0.2) is 9.59 Å². The fourth-order valence-corrected chi connectivity index (χ4v) is 4.26. The zero-order valence-electron chi connectivity index (χ0n) is 15.8. The fourth-order valence-electron chi connectivity index (χ4n) is 3.02. The van der Waals surface area contributed by atoms with Crippen molar-refractivity contribution in [2.24, 2.45) is 0 Å². The normalized spacial score (nSPS) is 16.4. The molecule has 2 aromatic rings. The van der Waals surface area contributed by atoms with Gasteiger partial charge in [0.05, 0.1) is 23.2 Å². The van der Waals surface area contributed by atoms with Crippen LogP contribution in [0.4, 0.5) is 4.79 Å². The van der Waals surface area contributed by atoms with Crippen LogP contribution < -0.4 is 10.6 Å². The van der Waals surface area contributed by atoms with Gasteiger partial charge in [0.25, 0.3) is 0 Å². The summed E-state index contributed by atoms with van der Waals surface area (Å²) >= 11 is 7.89. The first-order valence-corrected chi connectivity index (χ1v) is 10.1. The Labute approximate surface area is 173 Å². The number of esters is 1. The number of allylic oxidation sites excluding steroid dienone is 1. The highest BCUT2D eigenvalue weighted by Crippen LogP contribution is 2.36. The molecule has 28 heavy (non-hydrogen) atoms. The number of ether oxygens (including phenoxy) is 1. The lowest BCUT2D eigenvalue weighted by Crippen LogP contribution is -2.45. The number of amides is 2. The van der Waals surface area contributed by atoms with Gasteiger partial charge in [-0.05, 0) is 50.1 Å². The molecule has 0 saturated carbocycles. The molecule has 3 rings (SSSR count). The number of aryl methyl sites for hydroxylation is 1. The number of benzene rings is 2. The summed E-state index contributed by atoms with van der Waals surface area (Å²) in [6.07, 6.45) is 0. The molecule has 1 aliphatic heterocycles. The van der Waals surface area contributed by atoms with Crippen LogP contribution in [0.15, 0.2) is 63.5 Å². The van der Waals surface area contributed by atoms with Crippen LogP contribution in [-0.4, -0.2) is 18.6 Å². The average molecular weight is 417 g/mol. The molecule has 2 aromatic carbocycles. The number of hydrogen-bond donors (Lipinski definition) is 2.